The van der Waals surface area contributed by atoms with Gasteiger partial charge in [0, 0.05) is 34.5 Å². The largest absolute Gasteiger partial charge is 0.373 e. The van der Waals surface area contributed by atoms with Gasteiger partial charge in [-0.2, -0.15) is 0 Å². The van der Waals surface area contributed by atoms with Crippen LogP contribution in [0.4, 0.5) is 0 Å². The van der Waals surface area contributed by atoms with E-state index < -0.39 is 0 Å². The summed E-state index contributed by atoms with van der Waals surface area (Å²) in [5, 5.41) is 0.665. The minimum absolute atomic E-state index is 0.0343. The van der Waals surface area contributed by atoms with Crippen molar-refractivity contribution >= 4 is 17.4 Å². The minimum Gasteiger partial charge on any atom is -0.373 e. The molecule has 3 heterocycles. The van der Waals surface area contributed by atoms with Gasteiger partial charge in [-0.1, -0.05) is 35.9 Å². The standard InChI is InChI=1S/C21H16ClNO2/c22-14-6-3-5-13(11-14)19-16(18-9-4-10-25-18)12-23-17-8-2-1-7-15(17)21(24)20(19)23/h1-3,5-8,11-12,18H,4,9-10H2. The molecule has 3 nitrogen and oxygen atoms in total. The zero-order valence-corrected chi connectivity index (χ0v) is 14.3. The average molecular weight is 350 g/mol. The van der Waals surface area contributed by atoms with Crippen LogP contribution in [0.25, 0.3) is 16.8 Å². The topological polar surface area (TPSA) is 31.2 Å². The molecule has 124 valence electrons. The second kappa shape index (κ2) is 5.58. The normalized spacial score (nSPS) is 18.4. The summed E-state index contributed by atoms with van der Waals surface area (Å²) >= 11 is 6.23. The fraction of sp³-hybridized carbons (Fsp3) is 0.190. The third kappa shape index (κ3) is 2.20. The fourth-order valence-corrected chi connectivity index (χ4v) is 4.15. The number of hydrogen-bond acceptors (Lipinski definition) is 2. The smallest absolute Gasteiger partial charge is 0.212 e. The van der Waals surface area contributed by atoms with Crippen LogP contribution in [-0.2, 0) is 4.74 Å². The van der Waals surface area contributed by atoms with Crippen LogP contribution in [0.15, 0.2) is 54.7 Å². The van der Waals surface area contributed by atoms with Gasteiger partial charge in [0.15, 0.2) is 0 Å². The molecule has 2 aliphatic rings. The Morgan fingerprint density at radius 1 is 1.12 bits per heavy atom. The first kappa shape index (κ1) is 14.9. The molecule has 1 atom stereocenters. The number of carbonyl (C=O) groups excluding carboxylic acids is 1. The van der Waals surface area contributed by atoms with Gasteiger partial charge in [-0.05, 0) is 42.7 Å². The van der Waals surface area contributed by atoms with Crippen LogP contribution in [0.3, 0.4) is 0 Å². The number of ether oxygens (including phenoxy) is 1. The maximum atomic E-state index is 13.1. The van der Waals surface area contributed by atoms with Crippen molar-refractivity contribution < 1.29 is 9.53 Å². The van der Waals surface area contributed by atoms with E-state index in [1.54, 1.807) is 0 Å². The van der Waals surface area contributed by atoms with Crippen LogP contribution in [0.5, 0.6) is 0 Å². The highest BCUT2D eigenvalue weighted by atomic mass is 35.5. The Labute approximate surface area is 150 Å². The van der Waals surface area contributed by atoms with Crippen molar-refractivity contribution in [3.05, 3.63) is 76.6 Å². The minimum atomic E-state index is 0.0343. The Morgan fingerprint density at radius 2 is 2.00 bits per heavy atom. The molecule has 2 aliphatic heterocycles. The SMILES string of the molecule is O=C1c2ccccc2-n2cc(C3CCCO3)c(-c3cccc(Cl)c3)c21. The number of nitrogens with zero attached hydrogens (tertiary/aromatic N) is 1. The monoisotopic (exact) mass is 349 g/mol. The van der Waals surface area contributed by atoms with Crippen molar-refractivity contribution in [3.8, 4) is 16.8 Å². The van der Waals surface area contributed by atoms with E-state index in [0.29, 0.717) is 10.7 Å². The number of hydrogen-bond donors (Lipinski definition) is 0. The summed E-state index contributed by atoms with van der Waals surface area (Å²) in [6, 6.07) is 15.5. The molecule has 0 radical (unpaired) electrons. The summed E-state index contributed by atoms with van der Waals surface area (Å²) in [7, 11) is 0. The first-order chi connectivity index (χ1) is 12.2. The number of ketones is 1. The molecule has 1 aromatic heterocycles. The lowest BCUT2D eigenvalue weighted by atomic mass is 9.95. The Balaban J connectivity index is 1.79. The van der Waals surface area contributed by atoms with E-state index in [1.165, 1.54) is 0 Å². The van der Waals surface area contributed by atoms with Crippen molar-refractivity contribution in [2.75, 3.05) is 6.61 Å². The number of rotatable bonds is 2. The molecule has 1 unspecified atom stereocenters. The van der Waals surface area contributed by atoms with E-state index in [4.69, 9.17) is 16.3 Å². The van der Waals surface area contributed by atoms with Crippen LogP contribution < -0.4 is 0 Å². The maximum absolute atomic E-state index is 13.1. The maximum Gasteiger partial charge on any atom is 0.212 e. The molecule has 0 aliphatic carbocycles. The van der Waals surface area contributed by atoms with Gasteiger partial charge in [0.1, 0.15) is 5.69 Å². The lowest BCUT2D eigenvalue weighted by molar-refractivity contribution is 0.104. The molecule has 1 saturated heterocycles. The molecule has 5 rings (SSSR count). The Hall–Kier alpha value is -2.36. The van der Waals surface area contributed by atoms with E-state index in [2.05, 4.69) is 6.20 Å². The molecule has 0 saturated carbocycles. The molecule has 0 spiro atoms. The van der Waals surface area contributed by atoms with Crippen LogP contribution in [0.1, 0.15) is 40.6 Å². The molecular weight excluding hydrogens is 334 g/mol. The van der Waals surface area contributed by atoms with Crippen LogP contribution in [-0.4, -0.2) is 17.0 Å². The van der Waals surface area contributed by atoms with Gasteiger partial charge < -0.3 is 9.30 Å². The van der Waals surface area contributed by atoms with Gasteiger partial charge in [0.05, 0.1) is 11.8 Å². The summed E-state index contributed by atoms with van der Waals surface area (Å²) in [4.78, 5) is 13.1. The van der Waals surface area contributed by atoms with Gasteiger partial charge in [0.2, 0.25) is 5.78 Å². The molecule has 4 heteroatoms. The first-order valence-electron chi connectivity index (χ1n) is 8.51. The number of fused-ring (bicyclic) bond motifs is 3. The highest BCUT2D eigenvalue weighted by molar-refractivity contribution is 6.31. The second-order valence-corrected chi connectivity index (χ2v) is 6.97. The molecule has 0 amide bonds. The van der Waals surface area contributed by atoms with Crippen LogP contribution >= 0.6 is 11.6 Å². The second-order valence-electron chi connectivity index (χ2n) is 6.54. The van der Waals surface area contributed by atoms with E-state index in [0.717, 1.165) is 47.4 Å². The number of carbonyl (C=O) groups is 1. The Bertz CT molecular complexity index is 999. The molecule has 3 aromatic rings. The summed E-state index contributed by atoms with van der Waals surface area (Å²) < 4.78 is 7.95. The average Bonchev–Trinajstić information content (AvgIpc) is 3.32. The van der Waals surface area contributed by atoms with Crippen molar-refractivity contribution in [2.24, 2.45) is 0 Å². The number of benzene rings is 2. The molecule has 2 aromatic carbocycles. The number of para-hydroxylation sites is 1. The van der Waals surface area contributed by atoms with Crippen LogP contribution in [0, 0.1) is 0 Å². The summed E-state index contributed by atoms with van der Waals surface area (Å²) in [6.45, 7) is 0.769. The Kier molecular flexibility index (Phi) is 3.34. The number of aromatic nitrogens is 1. The van der Waals surface area contributed by atoms with Crippen molar-refractivity contribution in [1.29, 1.82) is 0 Å². The van der Waals surface area contributed by atoms with Crippen molar-refractivity contribution in [3.63, 3.8) is 0 Å². The fourth-order valence-electron chi connectivity index (χ4n) is 3.96. The molecule has 0 bridgehead atoms. The van der Waals surface area contributed by atoms with E-state index in [9.17, 15) is 4.79 Å². The summed E-state index contributed by atoms with van der Waals surface area (Å²) in [5.74, 6) is 0.0647. The van der Waals surface area contributed by atoms with Gasteiger partial charge in [-0.25, -0.2) is 0 Å². The number of halogens is 1. The third-order valence-electron chi connectivity index (χ3n) is 5.05. The third-order valence-corrected chi connectivity index (χ3v) is 5.28. The van der Waals surface area contributed by atoms with Gasteiger partial charge >= 0.3 is 0 Å². The van der Waals surface area contributed by atoms with E-state index >= 15 is 0 Å². The van der Waals surface area contributed by atoms with Gasteiger partial charge in [-0.15, -0.1) is 0 Å². The van der Waals surface area contributed by atoms with E-state index in [-0.39, 0.29) is 11.9 Å². The molecule has 1 fully saturated rings. The predicted molar refractivity (Wildman–Crippen MR) is 97.6 cm³/mol. The molecule has 25 heavy (non-hydrogen) atoms. The zero-order valence-electron chi connectivity index (χ0n) is 13.5. The molecular formula is C21H16ClNO2. The quantitative estimate of drug-likeness (QED) is 0.498. The first-order valence-corrected chi connectivity index (χ1v) is 8.89. The Morgan fingerprint density at radius 3 is 2.80 bits per heavy atom. The van der Waals surface area contributed by atoms with Crippen molar-refractivity contribution in [2.45, 2.75) is 18.9 Å². The highest BCUT2D eigenvalue weighted by Crippen LogP contribution is 2.44. The van der Waals surface area contributed by atoms with Gasteiger partial charge in [0.25, 0.3) is 0 Å². The predicted octanol–water partition coefficient (Wildman–Crippen LogP) is 5.19. The lowest BCUT2D eigenvalue weighted by Gasteiger charge is -2.12. The highest BCUT2D eigenvalue weighted by Gasteiger charge is 2.35. The summed E-state index contributed by atoms with van der Waals surface area (Å²) in [5.41, 5.74) is 5.41. The summed E-state index contributed by atoms with van der Waals surface area (Å²) in [6.07, 6.45) is 4.13. The lowest BCUT2D eigenvalue weighted by Crippen LogP contribution is -2.01. The van der Waals surface area contributed by atoms with Crippen LogP contribution in [0.2, 0.25) is 5.02 Å². The van der Waals surface area contributed by atoms with E-state index in [1.807, 2.05) is 53.1 Å². The van der Waals surface area contributed by atoms with Gasteiger partial charge in [-0.3, -0.25) is 4.79 Å². The van der Waals surface area contributed by atoms with Crippen molar-refractivity contribution in [1.82, 2.24) is 4.57 Å². The zero-order chi connectivity index (χ0) is 17.0. The molecule has 0 N–H and O–H groups in total.